The van der Waals surface area contributed by atoms with Gasteiger partial charge in [-0.2, -0.15) is 0 Å². The minimum Gasteiger partial charge on any atom is -0.388 e. The number of rotatable bonds is 2. The van der Waals surface area contributed by atoms with Crippen molar-refractivity contribution in [1.29, 1.82) is 0 Å². The Morgan fingerprint density at radius 2 is 2.25 bits per heavy atom. The highest BCUT2D eigenvalue weighted by Gasteiger charge is 2.06. The van der Waals surface area contributed by atoms with Gasteiger partial charge in [-0.25, -0.2) is 0 Å². The fraction of sp³-hybridized carbons (Fsp3) is 0.250. The average molecular weight is 181 g/mol. The van der Waals surface area contributed by atoms with Crippen LogP contribution in [0.5, 0.6) is 0 Å². The van der Waals surface area contributed by atoms with Crippen LogP contribution < -0.4 is 10.6 Å². The van der Waals surface area contributed by atoms with E-state index in [1.54, 1.807) is 6.20 Å². The maximum absolute atomic E-state index is 5.49. The average Bonchev–Trinajstić information content (AvgIpc) is 2.04. The Bertz CT molecular complexity index is 296. The van der Waals surface area contributed by atoms with E-state index in [1.807, 2.05) is 31.1 Å². The lowest BCUT2D eigenvalue weighted by atomic mass is 10.3. The predicted molar refractivity (Wildman–Crippen MR) is 54.5 cm³/mol. The SMILES string of the molecule is CN(C)c1cccnc1C(N)=S. The van der Waals surface area contributed by atoms with Crippen molar-refractivity contribution in [2.45, 2.75) is 0 Å². The van der Waals surface area contributed by atoms with Crippen LogP contribution in [0.1, 0.15) is 5.69 Å². The molecule has 0 aliphatic heterocycles. The fourth-order valence-electron chi connectivity index (χ4n) is 0.948. The van der Waals surface area contributed by atoms with Crippen molar-refractivity contribution in [2.75, 3.05) is 19.0 Å². The smallest absolute Gasteiger partial charge is 0.124 e. The first-order chi connectivity index (χ1) is 5.63. The maximum atomic E-state index is 5.49. The highest BCUT2D eigenvalue weighted by Crippen LogP contribution is 2.14. The van der Waals surface area contributed by atoms with Crippen molar-refractivity contribution in [3.05, 3.63) is 24.0 Å². The molecule has 0 saturated carbocycles. The van der Waals surface area contributed by atoms with Gasteiger partial charge in [0.2, 0.25) is 0 Å². The van der Waals surface area contributed by atoms with Crippen LogP contribution in [0.4, 0.5) is 5.69 Å². The summed E-state index contributed by atoms with van der Waals surface area (Å²) in [4.78, 5) is 6.36. The van der Waals surface area contributed by atoms with Crippen LogP contribution in [0.25, 0.3) is 0 Å². The second-order valence-electron chi connectivity index (χ2n) is 2.63. The molecule has 0 aromatic carbocycles. The lowest BCUT2D eigenvalue weighted by Gasteiger charge is -2.14. The van der Waals surface area contributed by atoms with Crippen molar-refractivity contribution in [1.82, 2.24) is 4.98 Å². The first-order valence-electron chi connectivity index (χ1n) is 3.55. The van der Waals surface area contributed by atoms with Gasteiger partial charge >= 0.3 is 0 Å². The molecular weight excluding hydrogens is 170 g/mol. The molecule has 0 saturated heterocycles. The Morgan fingerprint density at radius 3 is 2.67 bits per heavy atom. The molecule has 12 heavy (non-hydrogen) atoms. The highest BCUT2D eigenvalue weighted by atomic mass is 32.1. The summed E-state index contributed by atoms with van der Waals surface area (Å²) < 4.78 is 0. The van der Waals surface area contributed by atoms with Gasteiger partial charge in [0.25, 0.3) is 0 Å². The number of aromatic nitrogens is 1. The van der Waals surface area contributed by atoms with E-state index in [-0.39, 0.29) is 0 Å². The van der Waals surface area contributed by atoms with Crippen LogP contribution in [-0.4, -0.2) is 24.1 Å². The molecule has 0 aliphatic rings. The molecule has 3 nitrogen and oxygen atoms in total. The van der Waals surface area contributed by atoms with Gasteiger partial charge < -0.3 is 10.6 Å². The number of hydrogen-bond donors (Lipinski definition) is 1. The molecule has 0 atom stereocenters. The Morgan fingerprint density at radius 1 is 1.58 bits per heavy atom. The van der Waals surface area contributed by atoms with E-state index in [1.165, 1.54) is 0 Å². The van der Waals surface area contributed by atoms with Crippen LogP contribution in [0.15, 0.2) is 18.3 Å². The molecule has 0 spiro atoms. The second-order valence-corrected chi connectivity index (χ2v) is 3.07. The highest BCUT2D eigenvalue weighted by molar-refractivity contribution is 7.80. The Labute approximate surface area is 77.2 Å². The van der Waals surface area contributed by atoms with E-state index in [9.17, 15) is 0 Å². The topological polar surface area (TPSA) is 42.2 Å². The minimum atomic E-state index is 0.333. The summed E-state index contributed by atoms with van der Waals surface area (Å²) in [5.41, 5.74) is 7.12. The summed E-state index contributed by atoms with van der Waals surface area (Å²) in [5.74, 6) is 0. The first kappa shape index (κ1) is 8.93. The van der Waals surface area contributed by atoms with Crippen molar-refractivity contribution in [2.24, 2.45) is 5.73 Å². The van der Waals surface area contributed by atoms with E-state index in [4.69, 9.17) is 18.0 Å². The van der Waals surface area contributed by atoms with E-state index >= 15 is 0 Å². The van der Waals surface area contributed by atoms with Crippen LogP contribution in [-0.2, 0) is 0 Å². The van der Waals surface area contributed by atoms with Crippen LogP contribution in [0, 0.1) is 0 Å². The molecule has 1 aromatic heterocycles. The van der Waals surface area contributed by atoms with Crippen LogP contribution >= 0.6 is 12.2 Å². The molecule has 0 unspecified atom stereocenters. The molecule has 4 heteroatoms. The zero-order valence-corrected chi connectivity index (χ0v) is 7.93. The summed E-state index contributed by atoms with van der Waals surface area (Å²) in [6.45, 7) is 0. The Kier molecular flexibility index (Phi) is 2.60. The summed E-state index contributed by atoms with van der Waals surface area (Å²) in [7, 11) is 3.86. The fourth-order valence-corrected chi connectivity index (χ4v) is 1.10. The molecule has 0 bridgehead atoms. The molecule has 64 valence electrons. The number of anilines is 1. The number of hydrogen-bond acceptors (Lipinski definition) is 3. The number of thiocarbonyl (C=S) groups is 1. The largest absolute Gasteiger partial charge is 0.388 e. The Hall–Kier alpha value is -1.16. The van der Waals surface area contributed by atoms with Gasteiger partial charge in [-0.05, 0) is 12.1 Å². The molecular formula is C8H11N3S. The van der Waals surface area contributed by atoms with Crippen molar-refractivity contribution in [3.8, 4) is 0 Å². The predicted octanol–water partition coefficient (Wildman–Crippen LogP) is 0.782. The van der Waals surface area contributed by atoms with Crippen LogP contribution in [0.3, 0.4) is 0 Å². The van der Waals surface area contributed by atoms with E-state index in [0.717, 1.165) is 5.69 Å². The zero-order valence-electron chi connectivity index (χ0n) is 7.11. The first-order valence-corrected chi connectivity index (χ1v) is 3.96. The third-order valence-corrected chi connectivity index (χ3v) is 1.69. The molecule has 0 aliphatic carbocycles. The van der Waals surface area contributed by atoms with E-state index in [0.29, 0.717) is 10.7 Å². The van der Waals surface area contributed by atoms with Gasteiger partial charge in [0.15, 0.2) is 0 Å². The molecule has 0 radical (unpaired) electrons. The van der Waals surface area contributed by atoms with Crippen molar-refractivity contribution >= 4 is 22.9 Å². The number of nitrogens with two attached hydrogens (primary N) is 1. The third-order valence-electron chi connectivity index (χ3n) is 1.50. The van der Waals surface area contributed by atoms with Crippen molar-refractivity contribution < 1.29 is 0 Å². The minimum absolute atomic E-state index is 0.333. The van der Waals surface area contributed by atoms with Crippen molar-refractivity contribution in [3.63, 3.8) is 0 Å². The number of pyridine rings is 1. The molecule has 1 rings (SSSR count). The summed E-state index contributed by atoms with van der Waals surface area (Å²) in [6.07, 6.45) is 1.68. The van der Waals surface area contributed by atoms with Gasteiger partial charge in [-0.1, -0.05) is 12.2 Å². The van der Waals surface area contributed by atoms with Gasteiger partial charge in [0.05, 0.1) is 5.69 Å². The number of nitrogens with zero attached hydrogens (tertiary/aromatic N) is 2. The van der Waals surface area contributed by atoms with Gasteiger partial charge in [-0.15, -0.1) is 0 Å². The molecule has 2 N–H and O–H groups in total. The Balaban J connectivity index is 3.17. The van der Waals surface area contributed by atoms with E-state index in [2.05, 4.69) is 4.98 Å². The lowest BCUT2D eigenvalue weighted by molar-refractivity contribution is 1.10. The van der Waals surface area contributed by atoms with Gasteiger partial charge in [0, 0.05) is 20.3 Å². The standard InChI is InChI=1S/C8H11N3S/c1-11(2)6-4-3-5-10-7(6)8(9)12/h3-5H,1-2H3,(H2,9,12). The molecule has 1 aromatic rings. The quantitative estimate of drug-likeness (QED) is 0.685. The normalized spacial score (nSPS) is 9.50. The molecule has 1 heterocycles. The molecule has 0 fully saturated rings. The summed E-state index contributed by atoms with van der Waals surface area (Å²) in [6, 6.07) is 3.79. The monoisotopic (exact) mass is 181 g/mol. The van der Waals surface area contributed by atoms with Gasteiger partial charge in [-0.3, -0.25) is 4.98 Å². The second kappa shape index (κ2) is 3.49. The zero-order chi connectivity index (χ0) is 9.14. The van der Waals surface area contributed by atoms with E-state index < -0.39 is 0 Å². The maximum Gasteiger partial charge on any atom is 0.124 e. The molecule has 0 amide bonds. The van der Waals surface area contributed by atoms with Crippen LogP contribution in [0.2, 0.25) is 0 Å². The third kappa shape index (κ3) is 1.71. The van der Waals surface area contributed by atoms with Gasteiger partial charge in [0.1, 0.15) is 10.7 Å². The lowest BCUT2D eigenvalue weighted by Crippen LogP contribution is -2.19. The summed E-state index contributed by atoms with van der Waals surface area (Å²) in [5, 5.41) is 0. The summed E-state index contributed by atoms with van der Waals surface area (Å²) >= 11 is 4.86.